The number of carbonyl (C=O) groups is 1. The Morgan fingerprint density at radius 2 is 1.81 bits per heavy atom. The Hall–Kier alpha value is -1.36. The lowest BCUT2D eigenvalue weighted by atomic mass is 10.1. The van der Waals surface area contributed by atoms with Gasteiger partial charge in [-0.2, -0.15) is 0 Å². The van der Waals surface area contributed by atoms with Crippen LogP contribution in [-0.4, -0.2) is 12.5 Å². The molecule has 0 aliphatic carbocycles. The molecule has 2 aromatic carbocycles. The first kappa shape index (κ1) is 16.0. The number of nitrogens with one attached hydrogen (secondary N) is 1. The predicted molar refractivity (Wildman–Crippen MR) is 89.5 cm³/mol. The molecule has 0 aliphatic rings. The second-order valence-corrected chi connectivity index (χ2v) is 5.98. The van der Waals surface area contributed by atoms with Crippen molar-refractivity contribution in [1.29, 1.82) is 0 Å². The molecule has 0 radical (unpaired) electrons. The van der Waals surface area contributed by atoms with E-state index >= 15 is 0 Å². The molecule has 0 spiro atoms. The monoisotopic (exact) mass is 366 g/mol. The van der Waals surface area contributed by atoms with Gasteiger partial charge in [0.05, 0.1) is 10.6 Å². The van der Waals surface area contributed by atoms with E-state index in [4.69, 9.17) is 17.3 Å². The largest absolute Gasteiger partial charge is 0.348 e. The van der Waals surface area contributed by atoms with Crippen LogP contribution in [0.1, 0.15) is 21.5 Å². The minimum atomic E-state index is -0.182. The summed E-state index contributed by atoms with van der Waals surface area (Å²) in [5.74, 6) is -0.182. The molecule has 2 rings (SSSR count). The second-order valence-electron chi connectivity index (χ2n) is 4.66. The van der Waals surface area contributed by atoms with Crippen molar-refractivity contribution >= 4 is 33.4 Å². The van der Waals surface area contributed by atoms with E-state index in [0.29, 0.717) is 23.7 Å². The lowest BCUT2D eigenvalue weighted by molar-refractivity contribution is 0.0951. The fourth-order valence-electron chi connectivity index (χ4n) is 1.94. The number of benzene rings is 2. The van der Waals surface area contributed by atoms with Crippen molar-refractivity contribution in [2.75, 3.05) is 6.54 Å². The Bertz CT molecular complexity index is 629. The molecular formula is C16H16BrClN2O. The first-order valence-electron chi connectivity index (χ1n) is 6.61. The van der Waals surface area contributed by atoms with Gasteiger partial charge < -0.3 is 11.1 Å². The van der Waals surface area contributed by atoms with Crippen LogP contribution in [0.5, 0.6) is 0 Å². The Balaban J connectivity index is 1.97. The van der Waals surface area contributed by atoms with E-state index in [-0.39, 0.29) is 5.91 Å². The quantitative estimate of drug-likeness (QED) is 0.849. The highest BCUT2D eigenvalue weighted by Gasteiger charge is 2.10. The summed E-state index contributed by atoms with van der Waals surface area (Å²) in [7, 11) is 0. The zero-order valence-electron chi connectivity index (χ0n) is 11.4. The van der Waals surface area contributed by atoms with Crippen molar-refractivity contribution in [2.24, 2.45) is 5.73 Å². The van der Waals surface area contributed by atoms with Crippen molar-refractivity contribution in [1.82, 2.24) is 5.32 Å². The molecule has 3 nitrogen and oxygen atoms in total. The predicted octanol–water partition coefficient (Wildman–Crippen LogP) is 3.53. The van der Waals surface area contributed by atoms with Gasteiger partial charge in [-0.25, -0.2) is 0 Å². The molecule has 5 heteroatoms. The molecule has 0 fully saturated rings. The third-order valence-corrected chi connectivity index (χ3v) is 3.89. The van der Waals surface area contributed by atoms with Crippen LogP contribution in [0.2, 0.25) is 5.02 Å². The Morgan fingerprint density at radius 3 is 2.43 bits per heavy atom. The lowest BCUT2D eigenvalue weighted by Gasteiger charge is -2.08. The highest BCUT2D eigenvalue weighted by Crippen LogP contribution is 2.21. The van der Waals surface area contributed by atoms with Crippen LogP contribution in [0.15, 0.2) is 46.9 Å². The third kappa shape index (κ3) is 4.56. The maximum Gasteiger partial charge on any atom is 0.253 e. The van der Waals surface area contributed by atoms with Gasteiger partial charge in [-0.1, -0.05) is 51.8 Å². The lowest BCUT2D eigenvalue weighted by Crippen LogP contribution is -2.23. The molecule has 0 atom stereocenters. The van der Waals surface area contributed by atoms with Gasteiger partial charge in [0.2, 0.25) is 0 Å². The maximum atomic E-state index is 12.1. The number of rotatable bonds is 5. The van der Waals surface area contributed by atoms with Crippen LogP contribution in [0, 0.1) is 0 Å². The van der Waals surface area contributed by atoms with Gasteiger partial charge in [-0.3, -0.25) is 4.79 Å². The Morgan fingerprint density at radius 1 is 1.14 bits per heavy atom. The molecule has 0 unspecified atom stereocenters. The SMILES string of the molecule is NCCc1ccc(CNC(=O)c2ccc(Br)cc2Cl)cc1. The van der Waals surface area contributed by atoms with Crippen molar-refractivity contribution in [3.05, 3.63) is 68.7 Å². The van der Waals surface area contributed by atoms with E-state index in [1.54, 1.807) is 18.2 Å². The minimum Gasteiger partial charge on any atom is -0.348 e. The van der Waals surface area contributed by atoms with Crippen LogP contribution in [0.3, 0.4) is 0 Å². The van der Waals surface area contributed by atoms with E-state index in [0.717, 1.165) is 16.5 Å². The Kier molecular flexibility index (Phi) is 5.79. The number of carbonyl (C=O) groups excluding carboxylic acids is 1. The van der Waals surface area contributed by atoms with E-state index < -0.39 is 0 Å². The maximum absolute atomic E-state index is 12.1. The molecule has 2 aromatic rings. The van der Waals surface area contributed by atoms with Crippen molar-refractivity contribution < 1.29 is 4.79 Å². The average Bonchev–Trinajstić information content (AvgIpc) is 2.46. The topological polar surface area (TPSA) is 55.1 Å². The summed E-state index contributed by atoms with van der Waals surface area (Å²) in [5.41, 5.74) is 8.22. The number of halogens is 2. The summed E-state index contributed by atoms with van der Waals surface area (Å²) in [5, 5.41) is 3.29. The van der Waals surface area contributed by atoms with Crippen molar-refractivity contribution in [2.45, 2.75) is 13.0 Å². The van der Waals surface area contributed by atoms with Gasteiger partial charge >= 0.3 is 0 Å². The molecule has 0 bridgehead atoms. The molecule has 3 N–H and O–H groups in total. The van der Waals surface area contributed by atoms with Crippen LogP contribution < -0.4 is 11.1 Å². The Labute approximate surface area is 137 Å². The van der Waals surface area contributed by atoms with Gasteiger partial charge in [-0.15, -0.1) is 0 Å². The summed E-state index contributed by atoms with van der Waals surface area (Å²) < 4.78 is 0.847. The highest BCUT2D eigenvalue weighted by atomic mass is 79.9. The number of hydrogen-bond acceptors (Lipinski definition) is 2. The van der Waals surface area contributed by atoms with Gasteiger partial charge in [0.15, 0.2) is 0 Å². The second kappa shape index (κ2) is 7.59. The standard InChI is InChI=1S/C16H16BrClN2O/c17-13-5-6-14(15(18)9-13)16(21)20-10-12-3-1-11(2-4-12)7-8-19/h1-6,9H,7-8,10,19H2,(H,20,21). The zero-order valence-corrected chi connectivity index (χ0v) is 13.7. The van der Waals surface area contributed by atoms with E-state index in [1.165, 1.54) is 5.56 Å². The van der Waals surface area contributed by atoms with E-state index in [1.807, 2.05) is 24.3 Å². The normalized spacial score (nSPS) is 10.4. The summed E-state index contributed by atoms with van der Waals surface area (Å²) in [6.45, 7) is 1.10. The fourth-order valence-corrected chi connectivity index (χ4v) is 2.70. The molecule has 0 saturated heterocycles. The molecule has 0 saturated carbocycles. The van der Waals surface area contributed by atoms with Crippen molar-refractivity contribution in [3.63, 3.8) is 0 Å². The summed E-state index contributed by atoms with van der Waals surface area (Å²) >= 11 is 9.37. The van der Waals surface area contributed by atoms with E-state index in [9.17, 15) is 4.79 Å². The molecule has 0 aliphatic heterocycles. The minimum absolute atomic E-state index is 0.182. The fraction of sp³-hybridized carbons (Fsp3) is 0.188. The first-order chi connectivity index (χ1) is 10.1. The number of hydrogen-bond donors (Lipinski definition) is 2. The number of nitrogens with two attached hydrogens (primary N) is 1. The van der Waals surface area contributed by atoms with Gasteiger partial charge in [0.25, 0.3) is 5.91 Å². The average molecular weight is 368 g/mol. The van der Waals surface area contributed by atoms with Crippen LogP contribution in [0.4, 0.5) is 0 Å². The zero-order chi connectivity index (χ0) is 15.2. The molecule has 110 valence electrons. The van der Waals surface area contributed by atoms with E-state index in [2.05, 4.69) is 21.2 Å². The summed E-state index contributed by atoms with van der Waals surface area (Å²) in [6.07, 6.45) is 0.862. The van der Waals surface area contributed by atoms with Gasteiger partial charge in [0, 0.05) is 11.0 Å². The summed E-state index contributed by atoms with van der Waals surface area (Å²) in [6, 6.07) is 13.2. The summed E-state index contributed by atoms with van der Waals surface area (Å²) in [4.78, 5) is 12.1. The van der Waals surface area contributed by atoms with Crippen LogP contribution in [-0.2, 0) is 13.0 Å². The molecule has 1 amide bonds. The number of amides is 1. The van der Waals surface area contributed by atoms with Crippen LogP contribution in [0.25, 0.3) is 0 Å². The third-order valence-electron chi connectivity index (χ3n) is 3.08. The van der Waals surface area contributed by atoms with Gasteiger partial charge in [-0.05, 0) is 42.3 Å². The first-order valence-corrected chi connectivity index (χ1v) is 7.78. The molecule has 0 aromatic heterocycles. The smallest absolute Gasteiger partial charge is 0.253 e. The molecule has 21 heavy (non-hydrogen) atoms. The molecule has 0 heterocycles. The van der Waals surface area contributed by atoms with Crippen molar-refractivity contribution in [3.8, 4) is 0 Å². The van der Waals surface area contributed by atoms with Crippen LogP contribution >= 0.6 is 27.5 Å². The van der Waals surface area contributed by atoms with Gasteiger partial charge in [0.1, 0.15) is 0 Å². The molecular weight excluding hydrogens is 352 g/mol. The highest BCUT2D eigenvalue weighted by molar-refractivity contribution is 9.10.